The number of aliphatic hydroxyl groups is 1. The summed E-state index contributed by atoms with van der Waals surface area (Å²) in [4.78, 5) is 12.1. The lowest BCUT2D eigenvalue weighted by Crippen LogP contribution is -2.35. The van der Waals surface area contributed by atoms with Crippen molar-refractivity contribution in [2.24, 2.45) is 5.92 Å². The summed E-state index contributed by atoms with van der Waals surface area (Å²) in [5, 5.41) is 21.7. The van der Waals surface area contributed by atoms with E-state index in [0.29, 0.717) is 37.2 Å². The number of piperidine rings is 1. The summed E-state index contributed by atoms with van der Waals surface area (Å²) in [5.74, 6) is -0.361. The number of hydrogen-bond acceptors (Lipinski definition) is 6. The fourth-order valence-corrected chi connectivity index (χ4v) is 4.41. The number of benzene rings is 2. The highest BCUT2D eigenvalue weighted by molar-refractivity contribution is 7.90. The summed E-state index contributed by atoms with van der Waals surface area (Å²) < 4.78 is 36.9. The number of anilines is 1. The van der Waals surface area contributed by atoms with Crippen LogP contribution in [0.25, 0.3) is 0 Å². The molecule has 0 saturated carbocycles. The molecular weight excluding hydrogens is 387 g/mol. The van der Waals surface area contributed by atoms with Crippen LogP contribution in [0.1, 0.15) is 24.5 Å². The van der Waals surface area contributed by atoms with Gasteiger partial charge in [0.1, 0.15) is 10.7 Å². The van der Waals surface area contributed by atoms with E-state index < -0.39 is 26.6 Å². The van der Waals surface area contributed by atoms with Crippen LogP contribution in [0, 0.1) is 21.8 Å². The van der Waals surface area contributed by atoms with E-state index in [4.69, 9.17) is 0 Å². The Hall–Kier alpha value is -2.52. The lowest BCUT2D eigenvalue weighted by atomic mass is 9.87. The predicted molar refractivity (Wildman–Crippen MR) is 103 cm³/mol. The molecule has 1 saturated heterocycles. The standard InChI is InChI=1S/C19H21FN2O5S/c1-28(26,27)18-12-16(6-7-17(18)22(24)25)21-10-8-14(9-11-21)19(23)13-2-4-15(20)5-3-13/h2-7,12,14,19,23H,8-11H2,1H3. The minimum Gasteiger partial charge on any atom is -0.388 e. The molecule has 28 heavy (non-hydrogen) atoms. The maximum absolute atomic E-state index is 13.1. The molecule has 0 radical (unpaired) electrons. The van der Waals surface area contributed by atoms with Crippen LogP contribution in [0.2, 0.25) is 0 Å². The molecule has 0 bridgehead atoms. The molecule has 150 valence electrons. The first-order valence-corrected chi connectivity index (χ1v) is 10.7. The van der Waals surface area contributed by atoms with Crippen molar-refractivity contribution in [2.45, 2.75) is 23.8 Å². The minimum atomic E-state index is -3.74. The van der Waals surface area contributed by atoms with Gasteiger partial charge in [-0.2, -0.15) is 0 Å². The maximum atomic E-state index is 13.1. The summed E-state index contributed by atoms with van der Waals surface area (Å²) in [6.45, 7) is 1.15. The minimum absolute atomic E-state index is 0.00543. The molecule has 1 N–H and O–H groups in total. The zero-order chi connectivity index (χ0) is 20.5. The van der Waals surface area contributed by atoms with Crippen LogP contribution >= 0.6 is 0 Å². The number of rotatable bonds is 5. The molecule has 9 heteroatoms. The Labute approximate surface area is 162 Å². The zero-order valence-corrected chi connectivity index (χ0v) is 16.1. The molecule has 1 aliphatic heterocycles. The van der Waals surface area contributed by atoms with Gasteiger partial charge in [-0.15, -0.1) is 0 Å². The van der Waals surface area contributed by atoms with Crippen molar-refractivity contribution in [1.82, 2.24) is 0 Å². The maximum Gasteiger partial charge on any atom is 0.288 e. The Morgan fingerprint density at radius 3 is 2.32 bits per heavy atom. The SMILES string of the molecule is CS(=O)(=O)c1cc(N2CCC(C(O)c3ccc(F)cc3)CC2)ccc1[N+](=O)[O-]. The zero-order valence-electron chi connectivity index (χ0n) is 15.3. The molecule has 2 aromatic carbocycles. The number of aliphatic hydroxyl groups excluding tert-OH is 1. The summed E-state index contributed by atoms with van der Waals surface area (Å²) in [6.07, 6.45) is 1.56. The van der Waals surface area contributed by atoms with E-state index in [1.54, 1.807) is 18.2 Å². The van der Waals surface area contributed by atoms with Crippen LogP contribution in [0.3, 0.4) is 0 Å². The van der Waals surface area contributed by atoms with Crippen LogP contribution in [0.5, 0.6) is 0 Å². The van der Waals surface area contributed by atoms with Gasteiger partial charge in [0, 0.05) is 31.1 Å². The summed E-state index contributed by atoms with van der Waals surface area (Å²) in [5.41, 5.74) is 0.822. The summed E-state index contributed by atoms with van der Waals surface area (Å²) in [7, 11) is -3.74. The normalized spacial score (nSPS) is 16.8. The number of halogens is 1. The third-order valence-electron chi connectivity index (χ3n) is 5.10. The number of nitro groups is 1. The lowest BCUT2D eigenvalue weighted by Gasteiger charge is -2.35. The van der Waals surface area contributed by atoms with Crippen molar-refractivity contribution < 1.29 is 22.8 Å². The Morgan fingerprint density at radius 1 is 1.18 bits per heavy atom. The second-order valence-corrected chi connectivity index (χ2v) is 8.99. The van der Waals surface area contributed by atoms with Crippen LogP contribution in [-0.2, 0) is 9.84 Å². The molecule has 1 aliphatic rings. The largest absolute Gasteiger partial charge is 0.388 e. The molecule has 3 rings (SSSR count). The number of nitrogens with zero attached hydrogens (tertiary/aromatic N) is 2. The van der Waals surface area contributed by atoms with E-state index in [2.05, 4.69) is 0 Å². The average Bonchev–Trinajstić information content (AvgIpc) is 2.67. The smallest absolute Gasteiger partial charge is 0.288 e. The van der Waals surface area contributed by atoms with Crippen molar-refractivity contribution in [2.75, 3.05) is 24.2 Å². The highest BCUT2D eigenvalue weighted by Crippen LogP contribution is 2.34. The van der Waals surface area contributed by atoms with Gasteiger partial charge >= 0.3 is 0 Å². The van der Waals surface area contributed by atoms with Gasteiger partial charge < -0.3 is 10.0 Å². The fourth-order valence-electron chi connectivity index (χ4n) is 3.55. The van der Waals surface area contributed by atoms with Crippen LogP contribution < -0.4 is 4.90 Å². The summed E-state index contributed by atoms with van der Waals surface area (Å²) in [6, 6.07) is 9.87. The van der Waals surface area contributed by atoms with Crippen molar-refractivity contribution >= 4 is 21.2 Å². The highest BCUT2D eigenvalue weighted by atomic mass is 32.2. The van der Waals surface area contributed by atoms with Gasteiger partial charge in [0.15, 0.2) is 9.84 Å². The first-order valence-electron chi connectivity index (χ1n) is 8.84. The Balaban J connectivity index is 1.74. The molecule has 7 nitrogen and oxygen atoms in total. The van der Waals surface area contributed by atoms with Crippen molar-refractivity contribution in [1.29, 1.82) is 0 Å². The van der Waals surface area contributed by atoms with Crippen LogP contribution in [0.4, 0.5) is 15.8 Å². The lowest BCUT2D eigenvalue weighted by molar-refractivity contribution is -0.387. The number of nitro benzene ring substituents is 1. The fraction of sp³-hybridized carbons (Fsp3) is 0.368. The van der Waals surface area contributed by atoms with Crippen molar-refractivity contribution in [3.63, 3.8) is 0 Å². The van der Waals surface area contributed by atoms with E-state index in [1.807, 2.05) is 4.90 Å². The third-order valence-corrected chi connectivity index (χ3v) is 6.23. The summed E-state index contributed by atoms with van der Waals surface area (Å²) >= 11 is 0. The third kappa shape index (κ3) is 4.31. The molecule has 0 aromatic heterocycles. The number of sulfone groups is 1. The van der Waals surface area contributed by atoms with Gasteiger partial charge in [0.05, 0.1) is 11.0 Å². The van der Waals surface area contributed by atoms with Gasteiger partial charge in [0.25, 0.3) is 5.69 Å². The Bertz CT molecular complexity index is 970. The van der Waals surface area contributed by atoms with E-state index in [1.165, 1.54) is 24.3 Å². The quantitative estimate of drug-likeness (QED) is 0.603. The van der Waals surface area contributed by atoms with E-state index in [0.717, 1.165) is 6.26 Å². The molecule has 0 aliphatic carbocycles. The predicted octanol–water partition coefficient (Wildman–Crippen LogP) is 3.09. The van der Waals surface area contributed by atoms with Gasteiger partial charge in [-0.25, -0.2) is 12.8 Å². The molecule has 1 heterocycles. The van der Waals surface area contributed by atoms with Crippen LogP contribution in [-0.4, -0.2) is 37.8 Å². The first-order chi connectivity index (χ1) is 13.2. The monoisotopic (exact) mass is 408 g/mol. The Kier molecular flexibility index (Phi) is 5.66. The van der Waals surface area contributed by atoms with Gasteiger partial charge in [-0.05, 0) is 48.6 Å². The Morgan fingerprint density at radius 2 is 1.79 bits per heavy atom. The molecule has 1 atom stereocenters. The molecule has 2 aromatic rings. The van der Waals surface area contributed by atoms with Crippen molar-refractivity contribution in [3.05, 3.63) is 64.0 Å². The first kappa shape index (κ1) is 20.2. The van der Waals surface area contributed by atoms with Crippen LogP contribution in [0.15, 0.2) is 47.4 Å². The van der Waals surface area contributed by atoms with E-state index >= 15 is 0 Å². The number of hydrogen-bond donors (Lipinski definition) is 1. The molecular formula is C19H21FN2O5S. The molecule has 0 amide bonds. The second kappa shape index (κ2) is 7.84. The van der Waals surface area contributed by atoms with Gasteiger partial charge in [0.2, 0.25) is 0 Å². The molecule has 1 fully saturated rings. The van der Waals surface area contributed by atoms with Gasteiger partial charge in [-0.1, -0.05) is 12.1 Å². The molecule has 0 spiro atoms. The highest BCUT2D eigenvalue weighted by Gasteiger charge is 2.28. The topological polar surface area (TPSA) is 101 Å². The second-order valence-electron chi connectivity index (χ2n) is 7.00. The van der Waals surface area contributed by atoms with E-state index in [-0.39, 0.29) is 16.6 Å². The van der Waals surface area contributed by atoms with E-state index in [9.17, 15) is 28.0 Å². The van der Waals surface area contributed by atoms with Gasteiger partial charge in [-0.3, -0.25) is 10.1 Å². The average molecular weight is 408 g/mol. The van der Waals surface area contributed by atoms with Crippen molar-refractivity contribution in [3.8, 4) is 0 Å². The molecule has 1 unspecified atom stereocenters.